The summed E-state index contributed by atoms with van der Waals surface area (Å²) in [6.45, 7) is 2.06. The molecule has 0 radical (unpaired) electrons. The number of carbonyl (C=O) groups is 1. The van der Waals surface area contributed by atoms with Crippen LogP contribution in [0.25, 0.3) is 22.6 Å². The zero-order valence-corrected chi connectivity index (χ0v) is 16.7. The molecule has 8 nitrogen and oxygen atoms in total. The van der Waals surface area contributed by atoms with Crippen LogP contribution in [0.2, 0.25) is 0 Å². The van der Waals surface area contributed by atoms with Gasteiger partial charge in [-0.1, -0.05) is 5.21 Å². The maximum Gasteiger partial charge on any atom is 0.258 e. The summed E-state index contributed by atoms with van der Waals surface area (Å²) < 4.78 is 20.3. The van der Waals surface area contributed by atoms with Gasteiger partial charge < -0.3 is 10.1 Å². The van der Waals surface area contributed by atoms with Crippen molar-refractivity contribution in [1.29, 1.82) is 0 Å². The van der Waals surface area contributed by atoms with E-state index in [1.165, 1.54) is 37.2 Å². The normalized spacial score (nSPS) is 14.4. The standard InChI is InChI=1S/C22H19FN6O2/c1-12(13-2-3-13)31-16-7-5-15(6-8-16)25-22(30)17-10-14(4-9-18(17)23)20-24-11-19-21(26-20)28-29-27-19/h4-13H,2-3H2,1H3,(H,25,30)(H,24,26,27,28,29)/t12-/m1/s1. The van der Waals surface area contributed by atoms with E-state index in [1.807, 2.05) is 0 Å². The largest absolute Gasteiger partial charge is 0.490 e. The van der Waals surface area contributed by atoms with Crippen LogP contribution in [0.3, 0.4) is 0 Å². The van der Waals surface area contributed by atoms with Crippen LogP contribution >= 0.6 is 0 Å². The Bertz CT molecular complexity index is 1250. The first-order valence-electron chi connectivity index (χ1n) is 9.98. The molecule has 156 valence electrons. The highest BCUT2D eigenvalue weighted by atomic mass is 19.1. The highest BCUT2D eigenvalue weighted by Gasteiger charge is 2.29. The second kappa shape index (κ2) is 7.75. The quantitative estimate of drug-likeness (QED) is 0.491. The molecule has 2 N–H and O–H groups in total. The number of nitrogens with zero attached hydrogens (tertiary/aromatic N) is 4. The summed E-state index contributed by atoms with van der Waals surface area (Å²) in [6, 6.07) is 11.2. The van der Waals surface area contributed by atoms with Gasteiger partial charge in [0.05, 0.1) is 17.9 Å². The lowest BCUT2D eigenvalue weighted by molar-refractivity contribution is 0.102. The SMILES string of the molecule is C[C@@H](Oc1ccc(NC(=O)c2cc(-c3ncc4nn[nH]c4n3)ccc2F)cc1)C1CC1. The molecule has 2 aromatic carbocycles. The predicted octanol–water partition coefficient (Wildman–Crippen LogP) is 3.98. The Kier molecular flexibility index (Phi) is 4.78. The van der Waals surface area contributed by atoms with Crippen LogP contribution in [0.1, 0.15) is 30.1 Å². The van der Waals surface area contributed by atoms with Crippen LogP contribution in [0, 0.1) is 11.7 Å². The number of H-pyrrole nitrogens is 1. The number of rotatable bonds is 6. The van der Waals surface area contributed by atoms with Crippen LogP contribution in [0.15, 0.2) is 48.7 Å². The van der Waals surface area contributed by atoms with Gasteiger partial charge in [-0.3, -0.25) is 4.79 Å². The lowest BCUT2D eigenvalue weighted by Crippen LogP contribution is -2.15. The molecule has 0 bridgehead atoms. The van der Waals surface area contributed by atoms with E-state index >= 15 is 0 Å². The third-order valence-corrected chi connectivity index (χ3v) is 5.27. The molecule has 0 aliphatic heterocycles. The lowest BCUT2D eigenvalue weighted by atomic mass is 10.1. The molecule has 1 fully saturated rings. The lowest BCUT2D eigenvalue weighted by Gasteiger charge is -2.14. The Morgan fingerprint density at radius 1 is 1.23 bits per heavy atom. The summed E-state index contributed by atoms with van der Waals surface area (Å²) in [5.41, 5.74) is 1.91. The van der Waals surface area contributed by atoms with Gasteiger partial charge in [0.15, 0.2) is 11.5 Å². The molecule has 1 amide bonds. The van der Waals surface area contributed by atoms with E-state index in [1.54, 1.807) is 24.3 Å². The number of carbonyl (C=O) groups excluding carboxylic acids is 1. The van der Waals surface area contributed by atoms with E-state index in [0.29, 0.717) is 34.2 Å². The summed E-state index contributed by atoms with van der Waals surface area (Å²) in [4.78, 5) is 21.2. The maximum absolute atomic E-state index is 14.4. The van der Waals surface area contributed by atoms with Gasteiger partial charge in [-0.05, 0) is 68.1 Å². The van der Waals surface area contributed by atoms with Crippen LogP contribution in [0.5, 0.6) is 5.75 Å². The van der Waals surface area contributed by atoms with Crippen molar-refractivity contribution < 1.29 is 13.9 Å². The minimum atomic E-state index is -0.635. The maximum atomic E-state index is 14.4. The molecule has 31 heavy (non-hydrogen) atoms. The van der Waals surface area contributed by atoms with Gasteiger partial charge >= 0.3 is 0 Å². The van der Waals surface area contributed by atoms with Gasteiger partial charge in [0.2, 0.25) is 0 Å². The third kappa shape index (κ3) is 4.07. The average molecular weight is 418 g/mol. The Balaban J connectivity index is 1.33. The highest BCUT2D eigenvalue weighted by Crippen LogP contribution is 2.34. The number of hydrogen-bond acceptors (Lipinski definition) is 6. The van der Waals surface area contributed by atoms with E-state index in [2.05, 4.69) is 37.6 Å². The van der Waals surface area contributed by atoms with Crippen molar-refractivity contribution in [2.45, 2.75) is 25.9 Å². The van der Waals surface area contributed by atoms with Crippen molar-refractivity contribution >= 4 is 22.8 Å². The van der Waals surface area contributed by atoms with Gasteiger partial charge in [-0.15, -0.1) is 5.10 Å². The minimum Gasteiger partial charge on any atom is -0.490 e. The second-order valence-electron chi connectivity index (χ2n) is 7.57. The highest BCUT2D eigenvalue weighted by molar-refractivity contribution is 6.05. The molecular formula is C22H19FN6O2. The number of fused-ring (bicyclic) bond motifs is 1. The molecular weight excluding hydrogens is 399 g/mol. The number of amides is 1. The zero-order valence-electron chi connectivity index (χ0n) is 16.7. The molecule has 1 atom stereocenters. The van der Waals surface area contributed by atoms with Crippen molar-refractivity contribution in [2.24, 2.45) is 5.92 Å². The fraction of sp³-hybridized carbons (Fsp3) is 0.227. The van der Waals surface area contributed by atoms with Gasteiger partial charge in [-0.2, -0.15) is 0 Å². The Hall–Kier alpha value is -3.88. The number of aromatic amines is 1. The summed E-state index contributed by atoms with van der Waals surface area (Å²) in [7, 11) is 0. The number of aromatic nitrogens is 5. The smallest absolute Gasteiger partial charge is 0.258 e. The molecule has 5 rings (SSSR count). The predicted molar refractivity (Wildman–Crippen MR) is 112 cm³/mol. The first-order chi connectivity index (χ1) is 15.1. The first kappa shape index (κ1) is 19.1. The number of ether oxygens (including phenoxy) is 1. The van der Waals surface area contributed by atoms with Gasteiger partial charge in [-0.25, -0.2) is 19.5 Å². The molecule has 2 heterocycles. The zero-order chi connectivity index (χ0) is 21.4. The van der Waals surface area contributed by atoms with Crippen molar-refractivity contribution in [3.63, 3.8) is 0 Å². The number of halogens is 1. The number of nitrogens with one attached hydrogen (secondary N) is 2. The molecule has 1 aliphatic rings. The number of anilines is 1. The molecule has 4 aromatic rings. The summed E-state index contributed by atoms with van der Waals surface area (Å²) in [5, 5.41) is 12.9. The number of benzene rings is 2. The van der Waals surface area contributed by atoms with Gasteiger partial charge in [0.1, 0.15) is 17.1 Å². The van der Waals surface area contributed by atoms with Crippen molar-refractivity contribution in [2.75, 3.05) is 5.32 Å². The summed E-state index contributed by atoms with van der Waals surface area (Å²) in [6.07, 6.45) is 4.10. The molecule has 1 aliphatic carbocycles. The first-order valence-corrected chi connectivity index (χ1v) is 9.98. The van der Waals surface area contributed by atoms with Crippen LogP contribution in [-0.4, -0.2) is 37.4 Å². The monoisotopic (exact) mass is 418 g/mol. The Morgan fingerprint density at radius 2 is 2.03 bits per heavy atom. The molecule has 0 saturated heterocycles. The van der Waals surface area contributed by atoms with Crippen LogP contribution in [0.4, 0.5) is 10.1 Å². The Labute approximate surface area is 176 Å². The van der Waals surface area contributed by atoms with Gasteiger partial charge in [0.25, 0.3) is 5.91 Å². The molecule has 0 unspecified atom stereocenters. The molecule has 0 spiro atoms. The number of hydrogen-bond donors (Lipinski definition) is 2. The Morgan fingerprint density at radius 3 is 2.81 bits per heavy atom. The van der Waals surface area contributed by atoms with E-state index in [9.17, 15) is 9.18 Å². The van der Waals surface area contributed by atoms with Crippen molar-refractivity contribution in [3.8, 4) is 17.1 Å². The average Bonchev–Trinajstić information content (AvgIpc) is 3.53. The van der Waals surface area contributed by atoms with Gasteiger partial charge in [0, 0.05) is 11.3 Å². The molecule has 2 aromatic heterocycles. The molecule has 9 heteroatoms. The van der Waals surface area contributed by atoms with E-state index < -0.39 is 11.7 Å². The van der Waals surface area contributed by atoms with E-state index in [4.69, 9.17) is 4.74 Å². The van der Waals surface area contributed by atoms with Crippen molar-refractivity contribution in [1.82, 2.24) is 25.4 Å². The summed E-state index contributed by atoms with van der Waals surface area (Å²) in [5.74, 6) is 0.501. The van der Waals surface area contributed by atoms with Crippen LogP contribution < -0.4 is 10.1 Å². The van der Waals surface area contributed by atoms with E-state index in [0.717, 1.165) is 5.75 Å². The minimum absolute atomic E-state index is 0.105. The second-order valence-corrected chi connectivity index (χ2v) is 7.57. The fourth-order valence-electron chi connectivity index (χ4n) is 3.33. The van der Waals surface area contributed by atoms with Crippen LogP contribution in [-0.2, 0) is 0 Å². The third-order valence-electron chi connectivity index (χ3n) is 5.27. The summed E-state index contributed by atoms with van der Waals surface area (Å²) >= 11 is 0. The topological polar surface area (TPSA) is 106 Å². The van der Waals surface area contributed by atoms with E-state index in [-0.39, 0.29) is 11.7 Å². The fourth-order valence-corrected chi connectivity index (χ4v) is 3.33. The molecule has 1 saturated carbocycles. The van der Waals surface area contributed by atoms with Crippen molar-refractivity contribution in [3.05, 3.63) is 60.0 Å².